The van der Waals surface area contributed by atoms with Crippen molar-refractivity contribution in [1.29, 1.82) is 10.5 Å². The van der Waals surface area contributed by atoms with Crippen LogP contribution in [0.5, 0.6) is 0 Å². The maximum atomic E-state index is 9.04. The van der Waals surface area contributed by atoms with Crippen LogP contribution < -0.4 is 11.1 Å². The number of rotatable bonds is 3. The molecule has 2 rings (SSSR count). The molecule has 0 atom stereocenters. The molecule has 3 N–H and O–H groups in total. The highest BCUT2D eigenvalue weighted by Crippen LogP contribution is 2.41. The zero-order valence-electron chi connectivity index (χ0n) is 9.71. The number of anilines is 2. The first kappa shape index (κ1) is 11.8. The Morgan fingerprint density at radius 3 is 2.59 bits per heavy atom. The van der Waals surface area contributed by atoms with Crippen LogP contribution >= 0.6 is 11.3 Å². The summed E-state index contributed by atoms with van der Waals surface area (Å²) in [6, 6.07) is 4.08. The van der Waals surface area contributed by atoms with Crippen molar-refractivity contribution in [3.8, 4) is 12.1 Å². The summed E-state index contributed by atoms with van der Waals surface area (Å²) >= 11 is 1.27. The minimum Gasteiger partial charge on any atom is -0.396 e. The lowest BCUT2D eigenvalue weighted by Gasteiger charge is -2.38. The fraction of sp³-hybridized carbons (Fsp3) is 0.500. The Kier molecular flexibility index (Phi) is 2.95. The molecule has 0 bridgehead atoms. The van der Waals surface area contributed by atoms with Crippen LogP contribution in [0.15, 0.2) is 0 Å². The van der Waals surface area contributed by atoms with Gasteiger partial charge >= 0.3 is 0 Å². The van der Waals surface area contributed by atoms with E-state index in [-0.39, 0.29) is 0 Å². The molecule has 1 saturated carbocycles. The van der Waals surface area contributed by atoms with Crippen LogP contribution in [-0.4, -0.2) is 6.54 Å². The van der Waals surface area contributed by atoms with Crippen molar-refractivity contribution in [1.82, 2.24) is 0 Å². The molecule has 0 aromatic carbocycles. The van der Waals surface area contributed by atoms with Gasteiger partial charge in [0.05, 0.1) is 5.69 Å². The third-order valence-corrected chi connectivity index (χ3v) is 4.46. The van der Waals surface area contributed by atoms with Gasteiger partial charge in [-0.2, -0.15) is 10.5 Å². The van der Waals surface area contributed by atoms with E-state index in [2.05, 4.69) is 18.3 Å². The van der Waals surface area contributed by atoms with Crippen LogP contribution in [0.4, 0.5) is 10.7 Å². The number of nitriles is 2. The van der Waals surface area contributed by atoms with Gasteiger partial charge in [0.15, 0.2) is 0 Å². The first-order valence-corrected chi connectivity index (χ1v) is 6.37. The van der Waals surface area contributed by atoms with Crippen LogP contribution in [0.1, 0.15) is 36.6 Å². The number of hydrogen-bond acceptors (Lipinski definition) is 5. The van der Waals surface area contributed by atoms with E-state index in [9.17, 15) is 0 Å². The van der Waals surface area contributed by atoms with E-state index >= 15 is 0 Å². The highest BCUT2D eigenvalue weighted by atomic mass is 32.1. The van der Waals surface area contributed by atoms with Crippen molar-refractivity contribution in [2.24, 2.45) is 5.41 Å². The first-order valence-electron chi connectivity index (χ1n) is 5.56. The summed E-state index contributed by atoms with van der Waals surface area (Å²) in [5.41, 5.74) is 6.79. The number of nitrogen functional groups attached to an aromatic ring is 1. The molecule has 1 aromatic rings. The van der Waals surface area contributed by atoms with Gasteiger partial charge in [0.1, 0.15) is 27.6 Å². The molecule has 1 aliphatic rings. The third kappa shape index (κ3) is 2.07. The summed E-state index contributed by atoms with van der Waals surface area (Å²) < 4.78 is 0. The minimum atomic E-state index is 0.307. The molecular formula is C12H14N4S. The average Bonchev–Trinajstić information content (AvgIpc) is 2.60. The monoisotopic (exact) mass is 246 g/mol. The largest absolute Gasteiger partial charge is 0.396 e. The standard InChI is InChI=1S/C12H14N4S/c1-12(3-2-4-12)7-16-11-8(5-13)10(15)9(6-14)17-11/h16H,2-4,7,15H2,1H3. The molecule has 0 radical (unpaired) electrons. The van der Waals surface area contributed by atoms with Crippen molar-refractivity contribution in [3.05, 3.63) is 10.4 Å². The number of nitrogens with zero attached hydrogens (tertiary/aromatic N) is 2. The second kappa shape index (κ2) is 4.27. The van der Waals surface area contributed by atoms with Crippen LogP contribution in [0, 0.1) is 28.1 Å². The maximum absolute atomic E-state index is 9.04. The normalized spacial score (nSPS) is 16.6. The van der Waals surface area contributed by atoms with Crippen molar-refractivity contribution in [2.45, 2.75) is 26.2 Å². The van der Waals surface area contributed by atoms with E-state index in [0.717, 1.165) is 11.5 Å². The Hall–Kier alpha value is -1.72. The fourth-order valence-electron chi connectivity index (χ4n) is 2.01. The van der Waals surface area contributed by atoms with Gasteiger partial charge in [-0.3, -0.25) is 0 Å². The zero-order chi connectivity index (χ0) is 12.5. The third-order valence-electron chi connectivity index (χ3n) is 3.39. The first-order chi connectivity index (χ1) is 8.09. The molecular weight excluding hydrogens is 232 g/mol. The fourth-order valence-corrected chi connectivity index (χ4v) is 2.88. The van der Waals surface area contributed by atoms with Crippen LogP contribution in [0.3, 0.4) is 0 Å². The Labute approximate surface area is 105 Å². The molecule has 17 heavy (non-hydrogen) atoms. The molecule has 4 nitrogen and oxygen atoms in total. The lowest BCUT2D eigenvalue weighted by atomic mass is 9.70. The van der Waals surface area contributed by atoms with E-state index in [0.29, 0.717) is 21.5 Å². The molecule has 0 amide bonds. The highest BCUT2D eigenvalue weighted by molar-refractivity contribution is 7.17. The summed E-state index contributed by atoms with van der Waals surface area (Å²) in [4.78, 5) is 0.419. The minimum absolute atomic E-state index is 0.307. The Bertz CT molecular complexity index is 514. The van der Waals surface area contributed by atoms with Gasteiger partial charge in [0.2, 0.25) is 0 Å². The van der Waals surface area contributed by atoms with E-state index in [1.807, 2.05) is 6.07 Å². The van der Waals surface area contributed by atoms with Gasteiger partial charge in [-0.25, -0.2) is 0 Å². The summed E-state index contributed by atoms with van der Waals surface area (Å²) in [6.07, 6.45) is 3.71. The molecule has 0 spiro atoms. The number of thiophene rings is 1. The van der Waals surface area contributed by atoms with Gasteiger partial charge in [-0.15, -0.1) is 11.3 Å². The smallest absolute Gasteiger partial charge is 0.131 e. The molecule has 88 valence electrons. The molecule has 5 heteroatoms. The number of nitrogens with one attached hydrogen (secondary N) is 1. The molecule has 1 heterocycles. The Morgan fingerprint density at radius 2 is 2.12 bits per heavy atom. The predicted molar refractivity (Wildman–Crippen MR) is 68.6 cm³/mol. The average molecular weight is 246 g/mol. The second-order valence-electron chi connectivity index (χ2n) is 4.79. The zero-order valence-corrected chi connectivity index (χ0v) is 10.5. The second-order valence-corrected chi connectivity index (χ2v) is 5.81. The van der Waals surface area contributed by atoms with Crippen molar-refractivity contribution < 1.29 is 0 Å². The van der Waals surface area contributed by atoms with Crippen LogP contribution in [0.25, 0.3) is 0 Å². The summed E-state index contributed by atoms with van der Waals surface area (Å²) in [6.45, 7) is 3.07. The van der Waals surface area contributed by atoms with Crippen molar-refractivity contribution >= 4 is 22.0 Å². The highest BCUT2D eigenvalue weighted by Gasteiger charge is 2.31. The topological polar surface area (TPSA) is 85.6 Å². The molecule has 1 fully saturated rings. The molecule has 0 saturated heterocycles. The van der Waals surface area contributed by atoms with Gasteiger partial charge < -0.3 is 11.1 Å². The van der Waals surface area contributed by atoms with Gasteiger partial charge in [-0.05, 0) is 18.3 Å². The summed E-state index contributed by atoms with van der Waals surface area (Å²) in [7, 11) is 0. The van der Waals surface area contributed by atoms with E-state index < -0.39 is 0 Å². The van der Waals surface area contributed by atoms with Crippen molar-refractivity contribution in [2.75, 3.05) is 17.6 Å². The molecule has 1 aromatic heterocycles. The van der Waals surface area contributed by atoms with Gasteiger partial charge in [0.25, 0.3) is 0 Å². The lowest BCUT2D eigenvalue weighted by molar-refractivity contribution is 0.180. The number of hydrogen-bond donors (Lipinski definition) is 2. The van der Waals surface area contributed by atoms with Crippen LogP contribution in [-0.2, 0) is 0 Å². The number of nitrogens with two attached hydrogens (primary N) is 1. The van der Waals surface area contributed by atoms with Crippen molar-refractivity contribution in [3.63, 3.8) is 0 Å². The Morgan fingerprint density at radius 1 is 1.41 bits per heavy atom. The lowest BCUT2D eigenvalue weighted by Crippen LogP contribution is -2.33. The molecule has 0 unspecified atom stereocenters. The molecule has 1 aliphatic carbocycles. The van der Waals surface area contributed by atoms with Crippen LogP contribution in [0.2, 0.25) is 0 Å². The van der Waals surface area contributed by atoms with Gasteiger partial charge in [-0.1, -0.05) is 13.3 Å². The summed E-state index contributed by atoms with van der Waals surface area (Å²) in [5, 5.41) is 21.9. The maximum Gasteiger partial charge on any atom is 0.131 e. The predicted octanol–water partition coefficient (Wildman–Crippen LogP) is 2.68. The van der Waals surface area contributed by atoms with E-state index in [1.165, 1.54) is 30.6 Å². The van der Waals surface area contributed by atoms with Gasteiger partial charge in [0, 0.05) is 6.54 Å². The van der Waals surface area contributed by atoms with E-state index in [4.69, 9.17) is 16.3 Å². The summed E-state index contributed by atoms with van der Waals surface area (Å²) in [5.74, 6) is 0. The van der Waals surface area contributed by atoms with E-state index in [1.54, 1.807) is 0 Å². The quantitative estimate of drug-likeness (QED) is 0.858. The Balaban J connectivity index is 2.16. The SMILES string of the molecule is CC1(CNc2sc(C#N)c(N)c2C#N)CCC1. The molecule has 0 aliphatic heterocycles.